The second-order valence-corrected chi connectivity index (χ2v) is 6.79. The standard InChI is InChI=1S/C13H12BrFN2O2S/c1-8-3-2-4-10(15)13(8)17-20(18,19)12-6-5-9(14)7-11(12)16/h2-7,17H,16H2,1H3. The molecule has 0 heterocycles. The van der Waals surface area contributed by atoms with E-state index < -0.39 is 15.8 Å². The van der Waals surface area contributed by atoms with Gasteiger partial charge < -0.3 is 5.73 Å². The third-order valence-corrected chi connectivity index (χ3v) is 4.64. The van der Waals surface area contributed by atoms with Gasteiger partial charge in [-0.15, -0.1) is 0 Å². The van der Waals surface area contributed by atoms with Crippen molar-refractivity contribution in [3.63, 3.8) is 0 Å². The van der Waals surface area contributed by atoms with Crippen LogP contribution in [0, 0.1) is 12.7 Å². The molecule has 106 valence electrons. The largest absolute Gasteiger partial charge is 0.398 e. The van der Waals surface area contributed by atoms with Gasteiger partial charge in [0.15, 0.2) is 0 Å². The third kappa shape index (κ3) is 2.94. The molecular formula is C13H12BrFN2O2S. The van der Waals surface area contributed by atoms with Crippen LogP contribution in [0.15, 0.2) is 45.8 Å². The molecule has 0 saturated carbocycles. The Kier molecular flexibility index (Phi) is 4.01. The van der Waals surface area contributed by atoms with E-state index in [1.165, 1.54) is 24.3 Å². The van der Waals surface area contributed by atoms with Crippen LogP contribution in [0.4, 0.5) is 15.8 Å². The normalized spacial score (nSPS) is 11.3. The van der Waals surface area contributed by atoms with Gasteiger partial charge in [0.05, 0.1) is 11.4 Å². The van der Waals surface area contributed by atoms with Gasteiger partial charge in [0.2, 0.25) is 0 Å². The van der Waals surface area contributed by atoms with Crippen molar-refractivity contribution in [2.45, 2.75) is 11.8 Å². The molecule has 2 aromatic carbocycles. The van der Waals surface area contributed by atoms with Crippen LogP contribution in [-0.2, 0) is 10.0 Å². The average molecular weight is 359 g/mol. The van der Waals surface area contributed by atoms with E-state index in [-0.39, 0.29) is 16.3 Å². The van der Waals surface area contributed by atoms with Crippen molar-refractivity contribution in [2.75, 3.05) is 10.5 Å². The monoisotopic (exact) mass is 358 g/mol. The lowest BCUT2D eigenvalue weighted by molar-refractivity contribution is 0.598. The van der Waals surface area contributed by atoms with Crippen molar-refractivity contribution in [2.24, 2.45) is 0 Å². The maximum Gasteiger partial charge on any atom is 0.264 e. The van der Waals surface area contributed by atoms with E-state index in [1.807, 2.05) is 0 Å². The Morgan fingerprint density at radius 1 is 1.25 bits per heavy atom. The molecule has 0 spiro atoms. The molecule has 0 fully saturated rings. The first kappa shape index (κ1) is 14.8. The fourth-order valence-corrected chi connectivity index (χ4v) is 3.35. The second-order valence-electron chi connectivity index (χ2n) is 4.22. The van der Waals surface area contributed by atoms with Gasteiger partial charge in [-0.1, -0.05) is 28.1 Å². The summed E-state index contributed by atoms with van der Waals surface area (Å²) < 4.78 is 41.1. The molecule has 2 aromatic rings. The van der Waals surface area contributed by atoms with Crippen LogP contribution in [0.5, 0.6) is 0 Å². The van der Waals surface area contributed by atoms with Gasteiger partial charge in [0, 0.05) is 4.47 Å². The zero-order valence-electron chi connectivity index (χ0n) is 10.5. The van der Waals surface area contributed by atoms with E-state index in [4.69, 9.17) is 5.73 Å². The van der Waals surface area contributed by atoms with Gasteiger partial charge in [-0.25, -0.2) is 12.8 Å². The summed E-state index contributed by atoms with van der Waals surface area (Å²) in [5, 5.41) is 0. The fourth-order valence-electron chi connectivity index (χ4n) is 1.71. The minimum atomic E-state index is -3.94. The summed E-state index contributed by atoms with van der Waals surface area (Å²) in [6, 6.07) is 8.71. The van der Waals surface area contributed by atoms with Gasteiger partial charge in [-0.05, 0) is 36.8 Å². The van der Waals surface area contributed by atoms with E-state index >= 15 is 0 Å². The Morgan fingerprint density at radius 2 is 1.95 bits per heavy atom. The number of sulfonamides is 1. The molecule has 0 bridgehead atoms. The smallest absolute Gasteiger partial charge is 0.264 e. The van der Waals surface area contributed by atoms with Gasteiger partial charge in [0.25, 0.3) is 10.0 Å². The van der Waals surface area contributed by atoms with Crippen molar-refractivity contribution in [3.8, 4) is 0 Å². The maximum atomic E-state index is 13.7. The third-order valence-electron chi connectivity index (χ3n) is 2.72. The Bertz CT molecular complexity index is 743. The Balaban J connectivity index is 2.46. The summed E-state index contributed by atoms with van der Waals surface area (Å²) in [5.74, 6) is -0.635. The van der Waals surface area contributed by atoms with Gasteiger partial charge in [0.1, 0.15) is 10.7 Å². The van der Waals surface area contributed by atoms with E-state index in [0.29, 0.717) is 10.0 Å². The molecule has 0 atom stereocenters. The fraction of sp³-hybridized carbons (Fsp3) is 0.0769. The Labute approximate surface area is 125 Å². The van der Waals surface area contributed by atoms with E-state index in [0.717, 1.165) is 0 Å². The van der Waals surface area contributed by atoms with Gasteiger partial charge in [-0.3, -0.25) is 4.72 Å². The summed E-state index contributed by atoms with van der Waals surface area (Å²) in [4.78, 5) is -0.0941. The minimum absolute atomic E-state index is 0.0742. The van der Waals surface area contributed by atoms with E-state index in [1.54, 1.807) is 19.1 Å². The zero-order valence-corrected chi connectivity index (χ0v) is 12.9. The van der Waals surface area contributed by atoms with Crippen molar-refractivity contribution >= 4 is 37.3 Å². The number of para-hydroxylation sites is 1. The predicted molar refractivity (Wildman–Crippen MR) is 80.5 cm³/mol. The molecule has 0 radical (unpaired) electrons. The molecule has 20 heavy (non-hydrogen) atoms. The number of nitrogens with one attached hydrogen (secondary N) is 1. The predicted octanol–water partition coefficient (Wildman–Crippen LogP) is 3.28. The molecule has 3 N–H and O–H groups in total. The van der Waals surface area contributed by atoms with Gasteiger partial charge in [-0.2, -0.15) is 0 Å². The van der Waals surface area contributed by atoms with Crippen LogP contribution in [0.2, 0.25) is 0 Å². The first-order valence-corrected chi connectivity index (χ1v) is 7.92. The highest BCUT2D eigenvalue weighted by Gasteiger charge is 2.20. The molecule has 0 saturated heterocycles. The SMILES string of the molecule is Cc1cccc(F)c1NS(=O)(=O)c1ccc(Br)cc1N. The number of nitrogens with two attached hydrogens (primary N) is 1. The first-order valence-electron chi connectivity index (χ1n) is 5.64. The molecule has 0 amide bonds. The highest BCUT2D eigenvalue weighted by molar-refractivity contribution is 9.10. The second kappa shape index (κ2) is 5.41. The van der Waals surface area contributed by atoms with Crippen LogP contribution in [0.3, 0.4) is 0 Å². The average Bonchev–Trinajstić information content (AvgIpc) is 2.33. The number of anilines is 2. The molecule has 0 aliphatic heterocycles. The molecule has 2 rings (SSSR count). The Hall–Kier alpha value is -1.60. The quantitative estimate of drug-likeness (QED) is 0.827. The lowest BCUT2D eigenvalue weighted by Gasteiger charge is -2.13. The maximum absolute atomic E-state index is 13.7. The number of benzene rings is 2. The molecule has 0 aliphatic carbocycles. The topological polar surface area (TPSA) is 72.2 Å². The summed E-state index contributed by atoms with van der Waals surface area (Å²) >= 11 is 3.20. The summed E-state index contributed by atoms with van der Waals surface area (Å²) in [6.07, 6.45) is 0. The van der Waals surface area contributed by atoms with Crippen molar-refractivity contribution in [1.29, 1.82) is 0 Å². The van der Waals surface area contributed by atoms with Crippen LogP contribution in [-0.4, -0.2) is 8.42 Å². The van der Waals surface area contributed by atoms with Crippen molar-refractivity contribution in [3.05, 3.63) is 52.3 Å². The molecule has 0 aliphatic rings. The number of hydrogen-bond acceptors (Lipinski definition) is 3. The molecule has 4 nitrogen and oxygen atoms in total. The molecular weight excluding hydrogens is 347 g/mol. The number of aryl methyl sites for hydroxylation is 1. The van der Waals surface area contributed by atoms with Crippen LogP contribution in [0.25, 0.3) is 0 Å². The Morgan fingerprint density at radius 3 is 2.55 bits per heavy atom. The van der Waals surface area contributed by atoms with Crippen molar-refractivity contribution in [1.82, 2.24) is 0 Å². The van der Waals surface area contributed by atoms with Crippen molar-refractivity contribution < 1.29 is 12.8 Å². The van der Waals surface area contributed by atoms with E-state index in [2.05, 4.69) is 20.7 Å². The highest BCUT2D eigenvalue weighted by atomic mass is 79.9. The lowest BCUT2D eigenvalue weighted by Crippen LogP contribution is -2.16. The van der Waals surface area contributed by atoms with Crippen LogP contribution >= 0.6 is 15.9 Å². The van der Waals surface area contributed by atoms with E-state index in [9.17, 15) is 12.8 Å². The minimum Gasteiger partial charge on any atom is -0.398 e. The number of rotatable bonds is 3. The zero-order chi connectivity index (χ0) is 14.9. The molecule has 0 aromatic heterocycles. The highest BCUT2D eigenvalue weighted by Crippen LogP contribution is 2.27. The number of halogens is 2. The number of nitrogen functional groups attached to an aromatic ring is 1. The van der Waals surface area contributed by atoms with Crippen LogP contribution in [0.1, 0.15) is 5.56 Å². The first-order chi connectivity index (χ1) is 9.31. The summed E-state index contributed by atoms with van der Waals surface area (Å²) in [7, 11) is -3.94. The van der Waals surface area contributed by atoms with Crippen LogP contribution < -0.4 is 10.5 Å². The summed E-state index contributed by atoms with van der Waals surface area (Å²) in [5.41, 5.74) is 6.19. The van der Waals surface area contributed by atoms with Gasteiger partial charge >= 0.3 is 0 Å². The molecule has 7 heteroatoms. The summed E-state index contributed by atoms with van der Waals surface area (Å²) in [6.45, 7) is 1.62. The molecule has 0 unspecified atom stereocenters. The lowest BCUT2D eigenvalue weighted by atomic mass is 10.2. The number of hydrogen-bond donors (Lipinski definition) is 2.